The van der Waals surface area contributed by atoms with Crippen molar-refractivity contribution in [2.75, 3.05) is 24.8 Å². The van der Waals surface area contributed by atoms with Gasteiger partial charge in [0.1, 0.15) is 0 Å². The Morgan fingerprint density at radius 2 is 2.50 bits per heavy atom. The zero-order chi connectivity index (χ0) is 15.0. The molecule has 0 aromatic heterocycles. The molecule has 1 fully saturated rings. The number of carbonyl (C=O) groups excluding carboxylic acids is 1. The second-order valence-corrected chi connectivity index (χ2v) is 11.2. The predicted octanol–water partition coefficient (Wildman–Crippen LogP) is -0.992. The fraction of sp³-hybridized carbons (Fsp3) is 0.417. The van der Waals surface area contributed by atoms with Gasteiger partial charge in [0.25, 0.3) is 0 Å². The second-order valence-electron chi connectivity index (χ2n) is 3.77. The zero-order valence-electron chi connectivity index (χ0n) is 11.3. The van der Waals surface area contributed by atoms with Gasteiger partial charge in [-0.05, 0) is 0 Å². The number of amides is 1. The van der Waals surface area contributed by atoms with Gasteiger partial charge in [0.2, 0.25) is 0 Å². The zero-order valence-corrected chi connectivity index (χ0v) is 17.8. The fourth-order valence-electron chi connectivity index (χ4n) is 1.25. The Labute approximate surface area is 154 Å². The maximum atomic E-state index is 11.9. The average molecular weight is 616 g/mol. The van der Waals surface area contributed by atoms with Crippen LogP contribution in [0.3, 0.4) is 0 Å². The summed E-state index contributed by atoms with van der Waals surface area (Å²) in [6, 6.07) is 0. The van der Waals surface area contributed by atoms with Crippen LogP contribution < -0.4 is 26.9 Å². The molecule has 0 radical (unpaired) electrons. The van der Waals surface area contributed by atoms with Crippen molar-refractivity contribution in [1.29, 1.82) is 0 Å². The van der Waals surface area contributed by atoms with Crippen LogP contribution in [0.2, 0.25) is 0 Å². The number of hydrogen-bond donors (Lipinski definition) is 1. The molecule has 8 heteroatoms. The Morgan fingerprint density at radius 3 is 3.10 bits per heavy atom. The van der Waals surface area contributed by atoms with Gasteiger partial charge in [0, 0.05) is 0 Å². The van der Waals surface area contributed by atoms with Crippen LogP contribution in [0.15, 0.2) is 26.9 Å². The van der Waals surface area contributed by atoms with E-state index in [1.165, 1.54) is 1.64 Å². The van der Waals surface area contributed by atoms with Crippen LogP contribution in [-0.2, 0) is 7.86 Å². The van der Waals surface area contributed by atoms with Crippen molar-refractivity contribution >= 4 is 57.1 Å². The number of aliphatic imine (C=N–C) groups is 1. The van der Waals surface area contributed by atoms with Gasteiger partial charge in [-0.3, -0.25) is 0 Å². The summed E-state index contributed by atoms with van der Waals surface area (Å²) in [7, 11) is 1.76. The minimum absolute atomic E-state index is 0.0373. The first kappa shape index (κ1) is 18.6. The minimum atomic E-state index is -0.357. The standard InChI is InChI=1S/C12H17I3N3O2/c1-9(2)10(18-8-15-20-7-11(18)19)6-14-12(13)17-5-4-16-3/h4,6,17H,1,5,7-8H2,2-3H3/q-1/b10-6+,16-4?. The van der Waals surface area contributed by atoms with Crippen molar-refractivity contribution in [2.24, 2.45) is 4.99 Å². The third-order valence-electron chi connectivity index (χ3n) is 2.22. The topological polar surface area (TPSA) is 53.9 Å². The Bertz CT molecular complexity index is 461. The summed E-state index contributed by atoms with van der Waals surface area (Å²) >= 11 is 1.66. The second kappa shape index (κ2) is 10.3. The Morgan fingerprint density at radius 1 is 1.75 bits per heavy atom. The third-order valence-corrected chi connectivity index (χ3v) is 7.72. The molecule has 0 aromatic carbocycles. The molecule has 1 saturated heterocycles. The average Bonchev–Trinajstić information content (AvgIpc) is 2.41. The van der Waals surface area contributed by atoms with E-state index < -0.39 is 0 Å². The number of nitrogens with one attached hydrogen (secondary N) is 1. The molecule has 20 heavy (non-hydrogen) atoms. The molecule has 1 aliphatic heterocycles. The van der Waals surface area contributed by atoms with E-state index in [1.54, 1.807) is 7.05 Å². The van der Waals surface area contributed by atoms with Crippen LogP contribution in [0.25, 0.3) is 0 Å². The van der Waals surface area contributed by atoms with E-state index in [-0.39, 0.29) is 54.9 Å². The van der Waals surface area contributed by atoms with E-state index in [4.69, 9.17) is 3.07 Å². The van der Waals surface area contributed by atoms with Crippen LogP contribution in [0, 0.1) is 0 Å². The summed E-state index contributed by atoms with van der Waals surface area (Å²) in [4.78, 5) is 17.7. The Balaban J connectivity index is 2.79. The number of rotatable bonds is 6. The Hall–Kier alpha value is 0.600. The van der Waals surface area contributed by atoms with Gasteiger partial charge < -0.3 is 0 Å². The molecule has 0 atom stereocenters. The molecular weight excluding hydrogens is 599 g/mol. The van der Waals surface area contributed by atoms with Gasteiger partial charge in [-0.2, -0.15) is 0 Å². The molecule has 1 N–H and O–H groups in total. The summed E-state index contributed by atoms with van der Waals surface area (Å²) in [6.07, 6.45) is 1.84. The van der Waals surface area contributed by atoms with Crippen molar-refractivity contribution in [1.82, 2.24) is 10.2 Å². The SMILES string of the molecule is C=C(C)/C(=C\I=C(I)NCC=NC)N1C[I-]OCC1=O. The van der Waals surface area contributed by atoms with Crippen molar-refractivity contribution in [3.8, 4) is 0 Å². The van der Waals surface area contributed by atoms with Gasteiger partial charge in [-0.25, -0.2) is 0 Å². The normalized spacial score (nSPS) is 18.8. The molecule has 5 nitrogen and oxygen atoms in total. The molecule has 1 heterocycles. The quantitative estimate of drug-likeness (QED) is 0.137. The number of nitrogens with zero attached hydrogens (tertiary/aromatic N) is 2. The summed E-state index contributed by atoms with van der Waals surface area (Å²) in [5.41, 5.74) is 1.90. The van der Waals surface area contributed by atoms with Crippen molar-refractivity contribution in [3.63, 3.8) is 0 Å². The molecule has 0 bridgehead atoms. The maximum absolute atomic E-state index is 11.9. The van der Waals surface area contributed by atoms with Crippen LogP contribution in [0.1, 0.15) is 6.92 Å². The molecular formula is C12H17I3N3O2-. The summed E-state index contributed by atoms with van der Waals surface area (Å²) in [5, 5.41) is 3.30. The predicted molar refractivity (Wildman–Crippen MR) is 96.0 cm³/mol. The van der Waals surface area contributed by atoms with Crippen LogP contribution in [0.5, 0.6) is 0 Å². The van der Waals surface area contributed by atoms with E-state index in [0.29, 0.717) is 4.55 Å². The molecule has 0 aliphatic carbocycles. The number of allylic oxidation sites excluding steroid dienone is 1. The van der Waals surface area contributed by atoms with Gasteiger partial charge in [0.05, 0.1) is 0 Å². The molecule has 0 aromatic rings. The molecule has 0 unspecified atom stereocenters. The number of hydrogen-bond acceptors (Lipinski definition) is 4. The van der Waals surface area contributed by atoms with E-state index in [9.17, 15) is 4.79 Å². The number of carbonyl (C=O) groups is 1. The van der Waals surface area contributed by atoms with Gasteiger partial charge in [0.15, 0.2) is 0 Å². The molecule has 1 amide bonds. The van der Waals surface area contributed by atoms with E-state index in [0.717, 1.165) is 17.8 Å². The van der Waals surface area contributed by atoms with Crippen molar-refractivity contribution in [2.45, 2.75) is 6.92 Å². The monoisotopic (exact) mass is 616 g/mol. The first-order valence-electron chi connectivity index (χ1n) is 5.74. The molecule has 114 valence electrons. The van der Waals surface area contributed by atoms with Gasteiger partial charge >= 0.3 is 155 Å². The third kappa shape index (κ3) is 6.58. The van der Waals surface area contributed by atoms with Crippen molar-refractivity contribution < 1.29 is 29.5 Å². The van der Waals surface area contributed by atoms with E-state index >= 15 is 0 Å². The number of alkyl halides is 1. The number of halogens is 3. The first-order valence-corrected chi connectivity index (χ1v) is 11.5. The van der Waals surface area contributed by atoms with Gasteiger partial charge in [-0.1, -0.05) is 0 Å². The summed E-state index contributed by atoms with van der Waals surface area (Å²) in [5.74, 6) is 0.0373. The van der Waals surface area contributed by atoms with Crippen LogP contribution in [-0.4, -0.2) is 43.4 Å². The van der Waals surface area contributed by atoms with E-state index in [1.807, 2.05) is 18.0 Å². The van der Waals surface area contributed by atoms with Crippen LogP contribution >= 0.6 is 43.3 Å². The molecule has 0 spiro atoms. The van der Waals surface area contributed by atoms with Crippen molar-refractivity contribution in [3.05, 3.63) is 21.9 Å². The molecule has 1 rings (SSSR count). The molecule has 0 saturated carbocycles. The fourth-order valence-corrected chi connectivity index (χ4v) is 5.84. The first-order chi connectivity index (χ1) is 9.56. The summed E-state index contributed by atoms with van der Waals surface area (Å²) in [6.45, 7) is 6.89. The van der Waals surface area contributed by atoms with Gasteiger partial charge in [-0.15, -0.1) is 0 Å². The van der Waals surface area contributed by atoms with Crippen LogP contribution in [0.4, 0.5) is 0 Å². The Kier molecular flexibility index (Phi) is 9.65. The van der Waals surface area contributed by atoms with E-state index in [2.05, 4.69) is 43.6 Å². The summed E-state index contributed by atoms with van der Waals surface area (Å²) < 4.78 is 9.36. The molecule has 1 aliphatic rings.